The van der Waals surface area contributed by atoms with Gasteiger partial charge in [-0.3, -0.25) is 0 Å². The van der Waals surface area contributed by atoms with E-state index in [4.69, 9.17) is 4.74 Å². The molecule has 0 aliphatic carbocycles. The van der Waals surface area contributed by atoms with E-state index in [9.17, 15) is 22.3 Å². The number of β-amino-alcohol motifs (C(OH)–C–C–N with tert-alkyl or cyclic N) is 1. The van der Waals surface area contributed by atoms with Crippen molar-refractivity contribution in [3.8, 4) is 0 Å². The fourth-order valence-corrected chi connectivity index (χ4v) is 5.82. The fourth-order valence-electron chi connectivity index (χ4n) is 4.03. The molecule has 0 amide bonds. The molecule has 2 heterocycles. The van der Waals surface area contributed by atoms with Gasteiger partial charge >= 0.3 is 0 Å². The van der Waals surface area contributed by atoms with Crippen molar-refractivity contribution >= 4 is 31.8 Å². The molecule has 2 atom stereocenters. The fraction of sp³-hybridized carbons (Fsp3) is 0.400. The van der Waals surface area contributed by atoms with Gasteiger partial charge in [0.2, 0.25) is 10.0 Å². The van der Waals surface area contributed by atoms with Gasteiger partial charge in [-0.1, -0.05) is 0 Å². The van der Waals surface area contributed by atoms with Crippen LogP contribution in [0.15, 0.2) is 36.4 Å². The minimum Gasteiger partial charge on any atom is -0.387 e. The molecule has 29 heavy (non-hydrogen) atoms. The predicted molar refractivity (Wildman–Crippen MR) is 106 cm³/mol. The van der Waals surface area contributed by atoms with Crippen LogP contribution in [-0.2, 0) is 21.3 Å². The maximum atomic E-state index is 13.8. The predicted octanol–water partition coefficient (Wildman–Crippen LogP) is 2.48. The van der Waals surface area contributed by atoms with Gasteiger partial charge in [-0.05, 0) is 43.3 Å². The molecule has 1 saturated heterocycles. The quantitative estimate of drug-likeness (QED) is 0.683. The highest BCUT2D eigenvalue weighted by Crippen LogP contribution is 2.32. The zero-order chi connectivity index (χ0) is 21.0. The maximum absolute atomic E-state index is 13.8. The Kier molecular flexibility index (Phi) is 4.89. The van der Waals surface area contributed by atoms with E-state index in [1.54, 1.807) is 23.6 Å². The van der Waals surface area contributed by atoms with Gasteiger partial charge in [0.05, 0.1) is 24.0 Å². The third kappa shape index (κ3) is 3.75. The average Bonchev–Trinajstić information content (AvgIpc) is 3.08. The lowest BCUT2D eigenvalue weighted by Gasteiger charge is -2.29. The number of rotatable bonds is 5. The summed E-state index contributed by atoms with van der Waals surface area (Å²) in [7, 11) is -2.06. The van der Waals surface area contributed by atoms with E-state index < -0.39 is 33.4 Å². The van der Waals surface area contributed by atoms with E-state index in [2.05, 4.69) is 0 Å². The molecule has 2 aromatic carbocycles. The average molecular weight is 424 g/mol. The van der Waals surface area contributed by atoms with Crippen LogP contribution in [0, 0.1) is 11.6 Å². The maximum Gasteiger partial charge on any atom is 0.216 e. The van der Waals surface area contributed by atoms with Gasteiger partial charge in [0.25, 0.3) is 0 Å². The first-order valence-corrected chi connectivity index (χ1v) is 10.8. The summed E-state index contributed by atoms with van der Waals surface area (Å²) in [5.74, 6) is -1.00. The summed E-state index contributed by atoms with van der Waals surface area (Å²) in [6, 6.07) is 8.42. The smallest absolute Gasteiger partial charge is 0.216 e. The van der Waals surface area contributed by atoms with Crippen LogP contribution < -0.4 is 0 Å². The van der Waals surface area contributed by atoms with Crippen LogP contribution in [0.5, 0.6) is 0 Å². The second-order valence-electron chi connectivity index (χ2n) is 7.83. The highest BCUT2D eigenvalue weighted by Gasteiger charge is 2.40. The molecule has 1 fully saturated rings. The summed E-state index contributed by atoms with van der Waals surface area (Å²) < 4.78 is 60.5. The van der Waals surface area contributed by atoms with Crippen molar-refractivity contribution in [2.24, 2.45) is 0 Å². The second-order valence-corrected chi connectivity index (χ2v) is 9.85. The summed E-state index contributed by atoms with van der Waals surface area (Å²) in [6.07, 6.45) is -0.435. The van der Waals surface area contributed by atoms with E-state index in [1.807, 2.05) is 0 Å². The van der Waals surface area contributed by atoms with Crippen molar-refractivity contribution in [3.05, 3.63) is 48.0 Å². The highest BCUT2D eigenvalue weighted by molar-refractivity contribution is 7.89. The molecule has 1 aromatic heterocycles. The molecule has 1 aliphatic rings. The molecular formula is C20H22F2N2O4S. The van der Waals surface area contributed by atoms with E-state index >= 15 is 0 Å². The normalized spacial score (nSPS) is 21.8. The van der Waals surface area contributed by atoms with Crippen molar-refractivity contribution in [1.82, 2.24) is 8.87 Å². The molecule has 9 heteroatoms. The van der Waals surface area contributed by atoms with Gasteiger partial charge in [-0.25, -0.2) is 17.2 Å². The Balaban J connectivity index is 1.73. The van der Waals surface area contributed by atoms with Crippen molar-refractivity contribution in [3.63, 3.8) is 0 Å². The van der Waals surface area contributed by atoms with Crippen molar-refractivity contribution in [2.75, 3.05) is 26.0 Å². The summed E-state index contributed by atoms with van der Waals surface area (Å²) in [4.78, 5) is 0. The number of benzene rings is 2. The van der Waals surface area contributed by atoms with Crippen LogP contribution in [0.4, 0.5) is 8.78 Å². The van der Waals surface area contributed by atoms with Gasteiger partial charge < -0.3 is 14.4 Å². The SMILES string of the molecule is COC1CN(CC(C)(O)Cn2c3ccc(F)cc3c3cc(F)ccc32)S(=O)(=O)C1. The Bertz CT molecular complexity index is 1130. The van der Waals surface area contributed by atoms with Crippen LogP contribution in [0.2, 0.25) is 0 Å². The summed E-state index contributed by atoms with van der Waals surface area (Å²) in [5.41, 5.74) is -0.158. The van der Waals surface area contributed by atoms with Gasteiger partial charge in [0, 0.05) is 42.0 Å². The van der Waals surface area contributed by atoms with Crippen LogP contribution in [0.25, 0.3) is 21.8 Å². The molecule has 156 valence electrons. The first-order valence-electron chi connectivity index (χ1n) is 9.20. The van der Waals surface area contributed by atoms with Gasteiger partial charge in [0.1, 0.15) is 11.6 Å². The third-order valence-electron chi connectivity index (χ3n) is 5.34. The molecule has 0 spiro atoms. The Morgan fingerprint density at radius 1 is 1.10 bits per heavy atom. The number of aliphatic hydroxyl groups is 1. The largest absolute Gasteiger partial charge is 0.387 e. The Labute approximate surface area is 167 Å². The molecule has 3 aromatic rings. The lowest BCUT2D eigenvalue weighted by atomic mass is 10.1. The van der Waals surface area contributed by atoms with Crippen LogP contribution in [0.1, 0.15) is 6.92 Å². The number of ether oxygens (including phenoxy) is 1. The molecule has 2 unspecified atom stereocenters. The van der Waals surface area contributed by atoms with E-state index in [0.29, 0.717) is 21.8 Å². The standard InChI is InChI=1S/C20H22F2N2O4S/c1-20(25,11-23-9-15(28-2)10-29(23,26)27)12-24-18-5-3-13(21)7-16(18)17-8-14(22)4-6-19(17)24/h3-8,15,25H,9-12H2,1-2H3. The van der Waals surface area contributed by atoms with Crippen LogP contribution >= 0.6 is 0 Å². The van der Waals surface area contributed by atoms with Gasteiger partial charge in [-0.15, -0.1) is 0 Å². The molecule has 4 rings (SSSR count). The van der Waals surface area contributed by atoms with E-state index in [1.165, 1.54) is 35.7 Å². The molecule has 1 N–H and O–H groups in total. The zero-order valence-electron chi connectivity index (χ0n) is 16.1. The minimum absolute atomic E-state index is 0.0495. The monoisotopic (exact) mass is 424 g/mol. The summed E-state index contributed by atoms with van der Waals surface area (Å²) >= 11 is 0. The minimum atomic E-state index is -3.52. The van der Waals surface area contributed by atoms with Gasteiger partial charge in [-0.2, -0.15) is 4.31 Å². The Hall–Kier alpha value is -2.07. The molecular weight excluding hydrogens is 402 g/mol. The summed E-state index contributed by atoms with van der Waals surface area (Å²) in [5, 5.41) is 12.1. The Morgan fingerprint density at radius 2 is 1.66 bits per heavy atom. The number of hydrogen-bond donors (Lipinski definition) is 1. The van der Waals surface area contributed by atoms with Crippen molar-refractivity contribution in [1.29, 1.82) is 0 Å². The zero-order valence-corrected chi connectivity index (χ0v) is 16.9. The van der Waals surface area contributed by atoms with Gasteiger partial charge in [0.15, 0.2) is 0 Å². The topological polar surface area (TPSA) is 71.8 Å². The van der Waals surface area contributed by atoms with Crippen LogP contribution in [0.3, 0.4) is 0 Å². The number of sulfonamides is 1. The number of hydrogen-bond acceptors (Lipinski definition) is 4. The number of nitrogens with zero attached hydrogens (tertiary/aromatic N) is 2. The first kappa shape index (κ1) is 20.2. The van der Waals surface area contributed by atoms with E-state index in [0.717, 1.165) is 0 Å². The van der Waals surface area contributed by atoms with Crippen molar-refractivity contribution < 1.29 is 27.0 Å². The molecule has 0 bridgehead atoms. The third-order valence-corrected chi connectivity index (χ3v) is 7.19. The highest BCUT2D eigenvalue weighted by atomic mass is 32.2. The molecule has 0 saturated carbocycles. The van der Waals surface area contributed by atoms with Crippen molar-refractivity contribution in [2.45, 2.75) is 25.2 Å². The lowest BCUT2D eigenvalue weighted by Crippen LogP contribution is -2.44. The number of aromatic nitrogens is 1. The number of fused-ring (bicyclic) bond motifs is 3. The number of methoxy groups -OCH3 is 1. The van der Waals surface area contributed by atoms with E-state index in [-0.39, 0.29) is 25.4 Å². The molecule has 6 nitrogen and oxygen atoms in total. The van der Waals surface area contributed by atoms with Crippen LogP contribution in [-0.4, -0.2) is 60.1 Å². The molecule has 0 radical (unpaired) electrons. The number of halogens is 2. The Morgan fingerprint density at radius 3 is 2.14 bits per heavy atom. The first-order chi connectivity index (χ1) is 13.6. The second kappa shape index (κ2) is 7.02. The lowest BCUT2D eigenvalue weighted by molar-refractivity contribution is 0.0207. The summed E-state index contributed by atoms with van der Waals surface area (Å²) in [6.45, 7) is 1.67. The molecule has 1 aliphatic heterocycles.